The SMILES string of the molecule is Cc1cc(CO)cnc1Oc1ccc(Cl)c(Cl)c1. The second-order valence-corrected chi connectivity index (χ2v) is 4.62. The van der Waals surface area contributed by atoms with Gasteiger partial charge < -0.3 is 9.84 Å². The van der Waals surface area contributed by atoms with Gasteiger partial charge in [0.05, 0.1) is 16.7 Å². The molecule has 0 atom stereocenters. The largest absolute Gasteiger partial charge is 0.439 e. The highest BCUT2D eigenvalue weighted by Crippen LogP contribution is 2.29. The predicted octanol–water partition coefficient (Wildman–Crippen LogP) is 3.98. The van der Waals surface area contributed by atoms with Crippen LogP contribution in [-0.4, -0.2) is 10.1 Å². The first kappa shape index (κ1) is 13.1. The Labute approximate surface area is 115 Å². The molecule has 0 fully saturated rings. The van der Waals surface area contributed by atoms with E-state index in [2.05, 4.69) is 4.98 Å². The molecule has 1 N–H and O–H groups in total. The molecule has 5 heteroatoms. The lowest BCUT2D eigenvalue weighted by atomic mass is 10.2. The summed E-state index contributed by atoms with van der Waals surface area (Å²) >= 11 is 11.7. The number of hydrogen-bond donors (Lipinski definition) is 1. The van der Waals surface area contributed by atoms with E-state index in [1.165, 1.54) is 0 Å². The molecule has 18 heavy (non-hydrogen) atoms. The fourth-order valence-electron chi connectivity index (χ4n) is 1.47. The molecule has 0 radical (unpaired) electrons. The molecule has 94 valence electrons. The number of ether oxygens (including phenoxy) is 1. The molecule has 0 unspecified atom stereocenters. The fourth-order valence-corrected chi connectivity index (χ4v) is 1.75. The van der Waals surface area contributed by atoms with Crippen LogP contribution in [0.3, 0.4) is 0 Å². The van der Waals surface area contributed by atoms with Gasteiger partial charge in [0.25, 0.3) is 0 Å². The molecular weight excluding hydrogens is 273 g/mol. The summed E-state index contributed by atoms with van der Waals surface area (Å²) in [5.74, 6) is 1.04. The van der Waals surface area contributed by atoms with Gasteiger partial charge in [-0.25, -0.2) is 4.98 Å². The molecule has 3 nitrogen and oxygen atoms in total. The third kappa shape index (κ3) is 2.93. The summed E-state index contributed by atoms with van der Waals surface area (Å²) in [4.78, 5) is 4.14. The first-order valence-electron chi connectivity index (χ1n) is 5.29. The average Bonchev–Trinajstić information content (AvgIpc) is 2.36. The number of aliphatic hydroxyl groups excluding tert-OH is 1. The first-order chi connectivity index (χ1) is 8.60. The van der Waals surface area contributed by atoms with Crippen molar-refractivity contribution in [1.82, 2.24) is 4.98 Å². The number of nitrogens with zero attached hydrogens (tertiary/aromatic N) is 1. The highest BCUT2D eigenvalue weighted by atomic mass is 35.5. The molecule has 2 aromatic rings. The Bertz CT molecular complexity index is 573. The van der Waals surface area contributed by atoms with Crippen LogP contribution < -0.4 is 4.74 Å². The van der Waals surface area contributed by atoms with Gasteiger partial charge in [-0.2, -0.15) is 0 Å². The second kappa shape index (κ2) is 5.57. The summed E-state index contributed by atoms with van der Waals surface area (Å²) in [6, 6.07) is 6.83. The van der Waals surface area contributed by atoms with Crippen LogP contribution in [0, 0.1) is 6.92 Å². The van der Waals surface area contributed by atoms with Gasteiger partial charge in [0.15, 0.2) is 0 Å². The highest BCUT2D eigenvalue weighted by molar-refractivity contribution is 6.42. The Morgan fingerprint density at radius 2 is 2.00 bits per heavy atom. The van der Waals surface area contributed by atoms with Crippen molar-refractivity contribution in [2.75, 3.05) is 0 Å². The van der Waals surface area contributed by atoms with Gasteiger partial charge in [-0.05, 0) is 30.7 Å². The van der Waals surface area contributed by atoms with Crippen LogP contribution in [0.1, 0.15) is 11.1 Å². The number of benzene rings is 1. The topological polar surface area (TPSA) is 42.4 Å². The molecule has 0 amide bonds. The van der Waals surface area contributed by atoms with Gasteiger partial charge in [-0.1, -0.05) is 23.2 Å². The highest BCUT2D eigenvalue weighted by Gasteiger charge is 2.06. The molecule has 0 aliphatic rings. The molecule has 0 aliphatic carbocycles. The normalized spacial score (nSPS) is 10.4. The Kier molecular flexibility index (Phi) is 4.07. The van der Waals surface area contributed by atoms with E-state index in [0.717, 1.165) is 11.1 Å². The van der Waals surface area contributed by atoms with Gasteiger partial charge in [0, 0.05) is 17.8 Å². The molecule has 0 spiro atoms. The van der Waals surface area contributed by atoms with Crippen LogP contribution in [-0.2, 0) is 6.61 Å². The number of pyridine rings is 1. The lowest BCUT2D eigenvalue weighted by Crippen LogP contribution is -1.94. The fraction of sp³-hybridized carbons (Fsp3) is 0.154. The standard InChI is InChI=1S/C13H11Cl2NO2/c1-8-4-9(7-17)6-16-13(8)18-10-2-3-11(14)12(15)5-10/h2-6,17H,7H2,1H3. The third-order valence-corrected chi connectivity index (χ3v) is 3.11. The Balaban J connectivity index is 2.25. The van der Waals surface area contributed by atoms with Gasteiger partial charge >= 0.3 is 0 Å². The van der Waals surface area contributed by atoms with E-state index in [1.54, 1.807) is 24.4 Å². The minimum absolute atomic E-state index is 0.0408. The van der Waals surface area contributed by atoms with Crippen LogP contribution in [0.4, 0.5) is 0 Å². The second-order valence-electron chi connectivity index (χ2n) is 3.80. The minimum atomic E-state index is -0.0408. The van der Waals surface area contributed by atoms with E-state index < -0.39 is 0 Å². The maximum atomic E-state index is 9.00. The predicted molar refractivity (Wildman–Crippen MR) is 71.4 cm³/mol. The van der Waals surface area contributed by atoms with Gasteiger partial charge in [-0.15, -0.1) is 0 Å². The quantitative estimate of drug-likeness (QED) is 0.926. The molecule has 1 heterocycles. The molecule has 0 saturated heterocycles. The monoisotopic (exact) mass is 283 g/mol. The number of hydrogen-bond acceptors (Lipinski definition) is 3. The molecule has 1 aromatic heterocycles. The first-order valence-corrected chi connectivity index (χ1v) is 6.05. The van der Waals surface area contributed by atoms with Crippen molar-refractivity contribution in [3.05, 3.63) is 51.6 Å². The lowest BCUT2D eigenvalue weighted by molar-refractivity contribution is 0.281. The van der Waals surface area contributed by atoms with E-state index in [1.807, 2.05) is 13.0 Å². The van der Waals surface area contributed by atoms with Gasteiger partial charge in [0.1, 0.15) is 5.75 Å². The van der Waals surface area contributed by atoms with E-state index in [0.29, 0.717) is 21.7 Å². The van der Waals surface area contributed by atoms with Crippen molar-refractivity contribution in [3.8, 4) is 11.6 Å². The summed E-state index contributed by atoms with van der Waals surface area (Å²) in [6.07, 6.45) is 1.57. The molecule has 0 bridgehead atoms. The maximum Gasteiger partial charge on any atom is 0.222 e. The minimum Gasteiger partial charge on any atom is -0.439 e. The van der Waals surface area contributed by atoms with Crippen molar-refractivity contribution in [2.24, 2.45) is 0 Å². The van der Waals surface area contributed by atoms with Gasteiger partial charge in [0.2, 0.25) is 5.88 Å². The summed E-state index contributed by atoms with van der Waals surface area (Å²) in [7, 11) is 0. The van der Waals surface area contributed by atoms with Crippen molar-refractivity contribution >= 4 is 23.2 Å². The number of aliphatic hydroxyl groups is 1. The third-order valence-electron chi connectivity index (χ3n) is 2.38. The summed E-state index contributed by atoms with van der Waals surface area (Å²) in [6.45, 7) is 1.82. The molecule has 1 aromatic carbocycles. The van der Waals surface area contributed by atoms with Crippen molar-refractivity contribution in [1.29, 1.82) is 0 Å². The van der Waals surface area contributed by atoms with E-state index in [9.17, 15) is 0 Å². The van der Waals surface area contributed by atoms with Crippen LogP contribution >= 0.6 is 23.2 Å². The number of aryl methyl sites for hydroxylation is 1. The lowest BCUT2D eigenvalue weighted by Gasteiger charge is -2.09. The molecule has 0 aliphatic heterocycles. The van der Waals surface area contributed by atoms with E-state index in [4.69, 9.17) is 33.0 Å². The smallest absolute Gasteiger partial charge is 0.222 e. The van der Waals surface area contributed by atoms with Crippen LogP contribution in [0.2, 0.25) is 10.0 Å². The summed E-state index contributed by atoms with van der Waals surface area (Å²) < 4.78 is 5.61. The number of aromatic nitrogens is 1. The summed E-state index contributed by atoms with van der Waals surface area (Å²) in [5.41, 5.74) is 1.58. The van der Waals surface area contributed by atoms with E-state index >= 15 is 0 Å². The molecule has 0 saturated carbocycles. The average molecular weight is 284 g/mol. The van der Waals surface area contributed by atoms with Crippen molar-refractivity contribution in [2.45, 2.75) is 13.5 Å². The zero-order chi connectivity index (χ0) is 13.1. The Morgan fingerprint density at radius 3 is 2.61 bits per heavy atom. The number of halogens is 2. The van der Waals surface area contributed by atoms with Crippen LogP contribution in [0.25, 0.3) is 0 Å². The van der Waals surface area contributed by atoms with Crippen molar-refractivity contribution < 1.29 is 9.84 Å². The van der Waals surface area contributed by atoms with E-state index in [-0.39, 0.29) is 6.61 Å². The maximum absolute atomic E-state index is 9.00. The molecular formula is C13H11Cl2NO2. The van der Waals surface area contributed by atoms with Gasteiger partial charge in [-0.3, -0.25) is 0 Å². The zero-order valence-electron chi connectivity index (χ0n) is 9.65. The van der Waals surface area contributed by atoms with Crippen LogP contribution in [0.15, 0.2) is 30.5 Å². The Morgan fingerprint density at radius 1 is 1.22 bits per heavy atom. The Hall–Kier alpha value is -1.29. The van der Waals surface area contributed by atoms with Crippen LogP contribution in [0.5, 0.6) is 11.6 Å². The summed E-state index contributed by atoms with van der Waals surface area (Å²) in [5, 5.41) is 9.90. The zero-order valence-corrected chi connectivity index (χ0v) is 11.2. The number of rotatable bonds is 3. The van der Waals surface area contributed by atoms with Crippen molar-refractivity contribution in [3.63, 3.8) is 0 Å². The molecule has 2 rings (SSSR count).